The lowest BCUT2D eigenvalue weighted by Crippen LogP contribution is -2.04. The number of nitrogen functional groups attached to an aromatic ring is 1. The van der Waals surface area contributed by atoms with Crippen molar-refractivity contribution in [2.24, 2.45) is 0 Å². The molecule has 0 saturated heterocycles. The number of hydrogen-bond acceptors (Lipinski definition) is 3. The van der Waals surface area contributed by atoms with Crippen LogP contribution in [0.4, 0.5) is 10.1 Å². The minimum absolute atomic E-state index is 0.296. The van der Waals surface area contributed by atoms with Gasteiger partial charge >= 0.3 is 0 Å². The van der Waals surface area contributed by atoms with Gasteiger partial charge in [0.05, 0.1) is 16.7 Å². The summed E-state index contributed by atoms with van der Waals surface area (Å²) in [7, 11) is 0. The van der Waals surface area contributed by atoms with E-state index in [0.717, 1.165) is 0 Å². The molecule has 2 aromatic carbocycles. The molecular formula is C14H11BrFN3O. The average molecular weight is 336 g/mol. The third-order valence-electron chi connectivity index (χ3n) is 3.05. The molecule has 0 spiro atoms. The first-order valence-corrected chi connectivity index (χ1v) is 6.73. The molecule has 4 nitrogen and oxygen atoms in total. The van der Waals surface area contributed by atoms with Gasteiger partial charge in [-0.15, -0.1) is 0 Å². The second-order valence-corrected chi connectivity index (χ2v) is 5.19. The molecule has 3 N–H and O–H groups in total. The Kier molecular flexibility index (Phi) is 3.19. The van der Waals surface area contributed by atoms with Crippen LogP contribution >= 0.6 is 15.9 Å². The summed E-state index contributed by atoms with van der Waals surface area (Å²) in [6.07, 6.45) is 0. The molecular weight excluding hydrogens is 325 g/mol. The maximum Gasteiger partial charge on any atom is 0.148 e. The molecule has 20 heavy (non-hydrogen) atoms. The van der Waals surface area contributed by atoms with E-state index in [2.05, 4.69) is 20.9 Å². The van der Waals surface area contributed by atoms with Gasteiger partial charge < -0.3 is 10.8 Å². The van der Waals surface area contributed by atoms with Crippen molar-refractivity contribution in [3.63, 3.8) is 0 Å². The fourth-order valence-electron chi connectivity index (χ4n) is 2.21. The number of rotatable bonds is 2. The highest BCUT2D eigenvalue weighted by Gasteiger charge is 2.17. The highest BCUT2D eigenvalue weighted by molar-refractivity contribution is 9.10. The van der Waals surface area contributed by atoms with Gasteiger partial charge in [0.2, 0.25) is 0 Å². The first-order valence-electron chi connectivity index (χ1n) is 5.94. The summed E-state index contributed by atoms with van der Waals surface area (Å²) in [5.41, 5.74) is 7.92. The number of aliphatic hydroxyl groups is 1. The maximum absolute atomic E-state index is 14.2. The molecule has 0 aliphatic carbocycles. The van der Waals surface area contributed by atoms with E-state index in [0.29, 0.717) is 32.7 Å². The second kappa shape index (κ2) is 4.88. The van der Waals surface area contributed by atoms with Crippen molar-refractivity contribution < 1.29 is 9.50 Å². The molecule has 0 saturated carbocycles. The van der Waals surface area contributed by atoms with Gasteiger partial charge in [-0.25, -0.2) is 9.37 Å². The highest BCUT2D eigenvalue weighted by atomic mass is 79.9. The number of halogens is 2. The number of hydrogen-bond donors (Lipinski definition) is 2. The van der Waals surface area contributed by atoms with Crippen LogP contribution < -0.4 is 5.73 Å². The molecule has 0 bridgehead atoms. The molecule has 3 aromatic rings. The van der Waals surface area contributed by atoms with Crippen molar-refractivity contribution in [1.29, 1.82) is 0 Å². The SMILES string of the molecule is Nc1ccc2c(c1)nc(CO)n2-c1c(F)cccc1Br. The van der Waals surface area contributed by atoms with Crippen LogP contribution in [0.3, 0.4) is 0 Å². The molecule has 0 aliphatic rings. The number of imidazole rings is 1. The Morgan fingerprint density at radius 3 is 2.80 bits per heavy atom. The van der Waals surface area contributed by atoms with E-state index in [4.69, 9.17) is 5.73 Å². The predicted octanol–water partition coefficient (Wildman–Crippen LogP) is 3.00. The molecule has 0 aliphatic heterocycles. The normalized spacial score (nSPS) is 11.2. The van der Waals surface area contributed by atoms with Gasteiger partial charge in [0, 0.05) is 10.2 Å². The lowest BCUT2D eigenvalue weighted by Gasteiger charge is -2.11. The number of para-hydroxylation sites is 1. The molecule has 3 rings (SSSR count). The molecule has 0 fully saturated rings. The highest BCUT2D eigenvalue weighted by Crippen LogP contribution is 2.30. The molecule has 0 amide bonds. The molecule has 6 heteroatoms. The maximum atomic E-state index is 14.2. The lowest BCUT2D eigenvalue weighted by molar-refractivity contribution is 0.270. The number of aliphatic hydroxyl groups excluding tert-OH is 1. The summed E-state index contributed by atoms with van der Waals surface area (Å²) in [6, 6.07) is 9.89. The summed E-state index contributed by atoms with van der Waals surface area (Å²) >= 11 is 3.34. The average Bonchev–Trinajstić information content (AvgIpc) is 2.76. The molecule has 0 atom stereocenters. The van der Waals surface area contributed by atoms with Crippen molar-refractivity contribution in [2.75, 3.05) is 5.73 Å². The Morgan fingerprint density at radius 1 is 1.30 bits per heavy atom. The van der Waals surface area contributed by atoms with E-state index in [1.165, 1.54) is 6.07 Å². The van der Waals surface area contributed by atoms with Crippen molar-refractivity contribution in [2.45, 2.75) is 6.61 Å². The van der Waals surface area contributed by atoms with Crippen LogP contribution in [0.15, 0.2) is 40.9 Å². The Hall–Kier alpha value is -1.92. The van der Waals surface area contributed by atoms with Crippen LogP contribution in [-0.4, -0.2) is 14.7 Å². The zero-order chi connectivity index (χ0) is 14.3. The fourth-order valence-corrected chi connectivity index (χ4v) is 2.72. The Morgan fingerprint density at radius 2 is 2.10 bits per heavy atom. The Bertz CT molecular complexity index is 780. The summed E-state index contributed by atoms with van der Waals surface area (Å²) < 4.78 is 16.3. The number of nitrogens with two attached hydrogens (primary N) is 1. The summed E-state index contributed by atoms with van der Waals surface area (Å²) in [4.78, 5) is 4.30. The monoisotopic (exact) mass is 335 g/mol. The van der Waals surface area contributed by atoms with E-state index in [9.17, 15) is 9.50 Å². The second-order valence-electron chi connectivity index (χ2n) is 4.34. The van der Waals surface area contributed by atoms with E-state index >= 15 is 0 Å². The molecule has 102 valence electrons. The minimum Gasteiger partial charge on any atom is -0.399 e. The largest absolute Gasteiger partial charge is 0.399 e. The van der Waals surface area contributed by atoms with Gasteiger partial charge in [-0.1, -0.05) is 6.07 Å². The summed E-state index contributed by atoms with van der Waals surface area (Å²) in [5, 5.41) is 9.48. The quantitative estimate of drug-likeness (QED) is 0.707. The van der Waals surface area contributed by atoms with Crippen LogP contribution in [0.5, 0.6) is 0 Å². The first-order chi connectivity index (χ1) is 9.61. The van der Waals surface area contributed by atoms with Crippen molar-refractivity contribution in [3.05, 3.63) is 52.5 Å². The lowest BCUT2D eigenvalue weighted by atomic mass is 10.2. The van der Waals surface area contributed by atoms with Gasteiger partial charge in [-0.2, -0.15) is 0 Å². The third kappa shape index (κ3) is 1.97. The van der Waals surface area contributed by atoms with Crippen LogP contribution in [-0.2, 0) is 6.61 Å². The van der Waals surface area contributed by atoms with Crippen LogP contribution in [0.2, 0.25) is 0 Å². The van der Waals surface area contributed by atoms with Crippen molar-refractivity contribution in [3.8, 4) is 5.69 Å². The van der Waals surface area contributed by atoms with Gasteiger partial charge in [0.1, 0.15) is 18.2 Å². The number of anilines is 1. The number of aromatic nitrogens is 2. The van der Waals surface area contributed by atoms with E-state index in [1.54, 1.807) is 34.9 Å². The Balaban J connectivity index is 2.40. The third-order valence-corrected chi connectivity index (χ3v) is 3.69. The summed E-state index contributed by atoms with van der Waals surface area (Å²) in [6.45, 7) is -0.296. The molecule has 1 heterocycles. The Labute approximate surface area is 122 Å². The van der Waals surface area contributed by atoms with E-state index < -0.39 is 5.82 Å². The predicted molar refractivity (Wildman–Crippen MR) is 79.1 cm³/mol. The zero-order valence-corrected chi connectivity index (χ0v) is 11.9. The summed E-state index contributed by atoms with van der Waals surface area (Å²) in [5.74, 6) is -0.0402. The fraction of sp³-hybridized carbons (Fsp3) is 0.0714. The van der Waals surface area contributed by atoms with E-state index in [1.807, 2.05) is 0 Å². The molecule has 0 radical (unpaired) electrons. The number of nitrogens with zero attached hydrogens (tertiary/aromatic N) is 2. The van der Waals surface area contributed by atoms with Gasteiger partial charge in [-0.05, 0) is 46.3 Å². The standard InChI is InChI=1S/C14H11BrFN3O/c15-9-2-1-3-10(16)14(9)19-12-5-4-8(17)6-11(12)18-13(19)7-20/h1-6,20H,7,17H2. The van der Waals surface area contributed by atoms with Crippen LogP contribution in [0, 0.1) is 5.82 Å². The van der Waals surface area contributed by atoms with Crippen LogP contribution in [0.25, 0.3) is 16.7 Å². The number of fused-ring (bicyclic) bond motifs is 1. The van der Waals surface area contributed by atoms with Gasteiger partial charge in [0.15, 0.2) is 0 Å². The minimum atomic E-state index is -0.398. The van der Waals surface area contributed by atoms with Crippen LogP contribution in [0.1, 0.15) is 5.82 Å². The number of benzene rings is 2. The zero-order valence-electron chi connectivity index (χ0n) is 10.3. The van der Waals surface area contributed by atoms with E-state index in [-0.39, 0.29) is 6.61 Å². The molecule has 1 aromatic heterocycles. The van der Waals surface area contributed by atoms with Crippen molar-refractivity contribution >= 4 is 32.7 Å². The first kappa shape index (κ1) is 13.1. The smallest absolute Gasteiger partial charge is 0.148 e. The van der Waals surface area contributed by atoms with Gasteiger partial charge in [-0.3, -0.25) is 4.57 Å². The topological polar surface area (TPSA) is 64.1 Å². The van der Waals surface area contributed by atoms with Gasteiger partial charge in [0.25, 0.3) is 0 Å². The molecule has 0 unspecified atom stereocenters. The van der Waals surface area contributed by atoms with Crippen molar-refractivity contribution in [1.82, 2.24) is 9.55 Å².